The van der Waals surface area contributed by atoms with E-state index < -0.39 is 0 Å². The number of hydrogen-bond donors (Lipinski definition) is 2. The lowest BCUT2D eigenvalue weighted by Gasteiger charge is -2.30. The van der Waals surface area contributed by atoms with Gasteiger partial charge in [-0.2, -0.15) is 0 Å². The van der Waals surface area contributed by atoms with Crippen LogP contribution in [0.4, 0.5) is 0 Å². The Balaban J connectivity index is 1.52. The number of rotatable bonds is 10. The minimum absolute atomic E-state index is 0.0397. The molecule has 2 atom stereocenters. The van der Waals surface area contributed by atoms with Gasteiger partial charge in [0.1, 0.15) is 4.88 Å². The van der Waals surface area contributed by atoms with Crippen molar-refractivity contribution in [3.8, 4) is 0 Å². The van der Waals surface area contributed by atoms with E-state index in [4.69, 9.17) is 4.74 Å². The second kappa shape index (κ2) is 9.61. The number of aryl methyl sites for hydroxylation is 1. The number of carbonyl (C=O) groups excluding carboxylic acids is 2. The third-order valence-corrected chi connectivity index (χ3v) is 6.36. The van der Waals surface area contributed by atoms with E-state index in [1.807, 2.05) is 6.92 Å². The van der Waals surface area contributed by atoms with Crippen molar-refractivity contribution in [1.29, 1.82) is 0 Å². The quantitative estimate of drug-likeness (QED) is 0.589. The maximum absolute atomic E-state index is 12.4. The van der Waals surface area contributed by atoms with Crippen molar-refractivity contribution in [3.63, 3.8) is 0 Å². The molecule has 0 unspecified atom stereocenters. The van der Waals surface area contributed by atoms with Crippen molar-refractivity contribution in [2.45, 2.75) is 51.1 Å². The molecular formula is C19H30N4O3S. The molecule has 2 N–H and O–H groups in total. The van der Waals surface area contributed by atoms with Crippen LogP contribution in [0.5, 0.6) is 0 Å². The van der Waals surface area contributed by atoms with Gasteiger partial charge in [-0.05, 0) is 38.5 Å². The molecule has 7 nitrogen and oxygen atoms in total. The number of nitrogens with one attached hydrogen (secondary N) is 2. The molecule has 1 aromatic rings. The summed E-state index contributed by atoms with van der Waals surface area (Å²) >= 11 is 1.38. The summed E-state index contributed by atoms with van der Waals surface area (Å²) in [6.45, 7) is 4.62. The third kappa shape index (κ3) is 5.73. The minimum Gasteiger partial charge on any atom is -0.383 e. The van der Waals surface area contributed by atoms with Crippen LogP contribution in [0.15, 0.2) is 5.51 Å². The molecule has 0 radical (unpaired) electrons. The summed E-state index contributed by atoms with van der Waals surface area (Å²) in [5.41, 5.74) is 2.49. The first kappa shape index (κ1) is 20.2. The number of methoxy groups -OCH3 is 1. The van der Waals surface area contributed by atoms with Gasteiger partial charge in [-0.1, -0.05) is 0 Å². The molecule has 0 aromatic carbocycles. The number of likely N-dealkylation sites (tertiary alicyclic amines) is 1. The van der Waals surface area contributed by atoms with E-state index in [0.717, 1.165) is 31.0 Å². The number of nitrogens with zero attached hydrogens (tertiary/aromatic N) is 2. The van der Waals surface area contributed by atoms with Gasteiger partial charge in [0.25, 0.3) is 5.91 Å². The number of amides is 2. The summed E-state index contributed by atoms with van der Waals surface area (Å²) in [5.74, 6) is 0.800. The normalized spacial score (nSPS) is 22.7. The molecule has 1 saturated carbocycles. The van der Waals surface area contributed by atoms with Gasteiger partial charge in [-0.25, -0.2) is 4.98 Å². The van der Waals surface area contributed by atoms with E-state index in [9.17, 15) is 9.59 Å². The van der Waals surface area contributed by atoms with Crippen molar-refractivity contribution in [2.75, 3.05) is 33.4 Å². The molecule has 2 heterocycles. The molecule has 0 bridgehead atoms. The summed E-state index contributed by atoms with van der Waals surface area (Å²) in [6.07, 6.45) is 5.11. The first-order chi connectivity index (χ1) is 13.1. The van der Waals surface area contributed by atoms with Crippen LogP contribution in [0.25, 0.3) is 0 Å². The number of hydrogen-bond acceptors (Lipinski definition) is 6. The minimum atomic E-state index is -0.0397. The Bertz CT molecular complexity index is 647. The monoisotopic (exact) mass is 394 g/mol. The average Bonchev–Trinajstić information content (AvgIpc) is 3.25. The van der Waals surface area contributed by atoms with Gasteiger partial charge in [0.15, 0.2) is 0 Å². The highest BCUT2D eigenvalue weighted by atomic mass is 32.1. The summed E-state index contributed by atoms with van der Waals surface area (Å²) in [7, 11) is 1.63. The van der Waals surface area contributed by atoms with Crippen molar-refractivity contribution in [2.24, 2.45) is 5.92 Å². The fraction of sp³-hybridized carbons (Fsp3) is 0.737. The molecule has 0 spiro atoms. The fourth-order valence-electron chi connectivity index (χ4n) is 3.74. The average molecular weight is 395 g/mol. The van der Waals surface area contributed by atoms with Gasteiger partial charge >= 0.3 is 0 Å². The predicted molar refractivity (Wildman–Crippen MR) is 105 cm³/mol. The zero-order valence-corrected chi connectivity index (χ0v) is 17.0. The Morgan fingerprint density at radius 3 is 2.70 bits per heavy atom. The molecule has 1 aliphatic heterocycles. The third-order valence-electron chi connectivity index (χ3n) is 5.44. The fourth-order valence-corrected chi connectivity index (χ4v) is 4.46. The number of carbonyl (C=O) groups is 2. The molecule has 1 aromatic heterocycles. The van der Waals surface area contributed by atoms with Crippen LogP contribution in [0.2, 0.25) is 0 Å². The van der Waals surface area contributed by atoms with Gasteiger partial charge in [-0.15, -0.1) is 11.3 Å². The van der Waals surface area contributed by atoms with Crippen LogP contribution in [0, 0.1) is 12.8 Å². The maximum atomic E-state index is 12.4. The van der Waals surface area contributed by atoms with Gasteiger partial charge in [-0.3, -0.25) is 14.5 Å². The number of ether oxygens (including phenoxy) is 1. The van der Waals surface area contributed by atoms with Crippen LogP contribution in [0.3, 0.4) is 0 Å². The van der Waals surface area contributed by atoms with Crippen LogP contribution in [0.1, 0.15) is 47.5 Å². The Morgan fingerprint density at radius 2 is 2.04 bits per heavy atom. The molecule has 3 rings (SSSR count). The Morgan fingerprint density at radius 1 is 1.26 bits per heavy atom. The van der Waals surface area contributed by atoms with Crippen molar-refractivity contribution >= 4 is 23.2 Å². The molecular weight excluding hydrogens is 364 g/mol. The Labute approximate surface area is 164 Å². The maximum Gasteiger partial charge on any atom is 0.263 e. The van der Waals surface area contributed by atoms with E-state index in [1.165, 1.54) is 24.2 Å². The highest BCUT2D eigenvalue weighted by Gasteiger charge is 2.38. The molecule has 1 aliphatic carbocycles. The Kier molecular flexibility index (Phi) is 7.20. The van der Waals surface area contributed by atoms with Crippen LogP contribution < -0.4 is 10.6 Å². The highest BCUT2D eigenvalue weighted by molar-refractivity contribution is 7.11. The second-order valence-corrected chi connectivity index (χ2v) is 8.40. The zero-order valence-electron chi connectivity index (χ0n) is 16.2. The van der Waals surface area contributed by atoms with Crippen molar-refractivity contribution in [1.82, 2.24) is 20.5 Å². The van der Waals surface area contributed by atoms with E-state index >= 15 is 0 Å². The molecule has 2 amide bonds. The van der Waals surface area contributed by atoms with E-state index in [2.05, 4.69) is 20.5 Å². The Hall–Kier alpha value is -1.51. The zero-order chi connectivity index (χ0) is 19.2. The van der Waals surface area contributed by atoms with Crippen molar-refractivity contribution < 1.29 is 14.3 Å². The SMILES string of the molecule is COCCNC(=O)C[C@H]1CC[C@@H](CNC(=O)c2scnc2C)N1CC1CC1. The van der Waals surface area contributed by atoms with Gasteiger partial charge < -0.3 is 15.4 Å². The lowest BCUT2D eigenvalue weighted by Crippen LogP contribution is -2.45. The topological polar surface area (TPSA) is 83.6 Å². The van der Waals surface area contributed by atoms with Crippen LogP contribution >= 0.6 is 11.3 Å². The summed E-state index contributed by atoms with van der Waals surface area (Å²) in [4.78, 5) is 31.9. The summed E-state index contributed by atoms with van der Waals surface area (Å²) < 4.78 is 4.99. The molecule has 2 fully saturated rings. The largest absolute Gasteiger partial charge is 0.383 e. The van der Waals surface area contributed by atoms with Crippen molar-refractivity contribution in [3.05, 3.63) is 16.1 Å². The molecule has 8 heteroatoms. The van der Waals surface area contributed by atoms with E-state index in [-0.39, 0.29) is 17.9 Å². The van der Waals surface area contributed by atoms with Gasteiger partial charge in [0.2, 0.25) is 5.91 Å². The van der Waals surface area contributed by atoms with Gasteiger partial charge in [0.05, 0.1) is 17.8 Å². The van der Waals surface area contributed by atoms with E-state index in [1.54, 1.807) is 12.6 Å². The lowest BCUT2D eigenvalue weighted by atomic mass is 10.1. The van der Waals surface area contributed by atoms with Crippen LogP contribution in [-0.4, -0.2) is 67.1 Å². The number of thiazole rings is 1. The first-order valence-electron chi connectivity index (χ1n) is 9.78. The lowest BCUT2D eigenvalue weighted by molar-refractivity contribution is -0.122. The summed E-state index contributed by atoms with van der Waals surface area (Å²) in [5, 5.41) is 6.00. The first-order valence-corrected chi connectivity index (χ1v) is 10.7. The standard InChI is InChI=1S/C19H30N4O3S/c1-13-18(27-12-22-13)19(25)21-10-16-6-5-15(23(16)11-14-3-4-14)9-17(24)20-7-8-26-2/h12,14-16H,3-11H2,1-2H3,(H,20,24)(H,21,25)/t15-,16+/m1/s1. The van der Waals surface area contributed by atoms with Crippen LogP contribution in [-0.2, 0) is 9.53 Å². The summed E-state index contributed by atoms with van der Waals surface area (Å²) in [6, 6.07) is 0.569. The molecule has 2 aliphatic rings. The van der Waals surface area contributed by atoms with E-state index in [0.29, 0.717) is 37.0 Å². The smallest absolute Gasteiger partial charge is 0.263 e. The second-order valence-electron chi connectivity index (χ2n) is 7.55. The molecule has 150 valence electrons. The highest BCUT2D eigenvalue weighted by Crippen LogP contribution is 2.35. The van der Waals surface area contributed by atoms with Gasteiger partial charge in [0, 0.05) is 45.2 Å². The molecule has 1 saturated heterocycles. The predicted octanol–water partition coefficient (Wildman–Crippen LogP) is 1.58. The number of aromatic nitrogens is 1. The molecule has 27 heavy (non-hydrogen) atoms.